The van der Waals surface area contributed by atoms with Crippen LogP contribution in [0.1, 0.15) is 25.1 Å². The van der Waals surface area contributed by atoms with Gasteiger partial charge in [0.25, 0.3) is 0 Å². The van der Waals surface area contributed by atoms with Crippen LogP contribution in [0.2, 0.25) is 0 Å². The topological polar surface area (TPSA) is 99.3 Å². The fourth-order valence-electron chi connectivity index (χ4n) is 3.73. The first kappa shape index (κ1) is 24.0. The number of benzene rings is 1. The third-order valence-electron chi connectivity index (χ3n) is 5.46. The predicted octanol–water partition coefficient (Wildman–Crippen LogP) is 3.68. The van der Waals surface area contributed by atoms with Crippen molar-refractivity contribution in [2.75, 3.05) is 50.1 Å². The maximum atomic E-state index is 11.4. The van der Waals surface area contributed by atoms with Gasteiger partial charge < -0.3 is 19.9 Å². The van der Waals surface area contributed by atoms with Crippen LogP contribution in [0.3, 0.4) is 0 Å². The molecular formula is C24H31N7O2S. The molecule has 0 spiro atoms. The van der Waals surface area contributed by atoms with Crippen LogP contribution in [-0.4, -0.2) is 70.7 Å². The van der Waals surface area contributed by atoms with E-state index in [-0.39, 0.29) is 5.78 Å². The molecule has 10 heteroatoms. The fourth-order valence-corrected chi connectivity index (χ4v) is 4.48. The van der Waals surface area contributed by atoms with E-state index in [0.717, 1.165) is 48.1 Å². The van der Waals surface area contributed by atoms with Crippen LogP contribution in [0, 0.1) is 6.92 Å². The number of anilines is 3. The van der Waals surface area contributed by atoms with Crippen LogP contribution in [-0.2, 0) is 11.2 Å². The minimum atomic E-state index is 0.149. The molecule has 0 unspecified atom stereocenters. The van der Waals surface area contributed by atoms with E-state index < -0.39 is 0 Å². The minimum absolute atomic E-state index is 0.149. The first-order chi connectivity index (χ1) is 16.4. The summed E-state index contributed by atoms with van der Waals surface area (Å²) in [4.78, 5) is 26.7. The van der Waals surface area contributed by atoms with Crippen molar-refractivity contribution < 1.29 is 9.53 Å². The summed E-state index contributed by atoms with van der Waals surface area (Å²) in [5.41, 5.74) is 1.95. The highest BCUT2D eigenvalue weighted by atomic mass is 32.2. The molecule has 180 valence electrons. The lowest BCUT2D eigenvalue weighted by Gasteiger charge is -2.34. The molecule has 0 amide bonds. The Bertz CT molecular complexity index is 1120. The van der Waals surface area contributed by atoms with Crippen molar-refractivity contribution in [2.24, 2.45) is 0 Å². The molecule has 1 fully saturated rings. The van der Waals surface area contributed by atoms with Gasteiger partial charge in [0.05, 0.1) is 6.61 Å². The zero-order valence-corrected chi connectivity index (χ0v) is 20.9. The van der Waals surface area contributed by atoms with E-state index in [1.807, 2.05) is 44.2 Å². The molecule has 1 aromatic carbocycles. The van der Waals surface area contributed by atoms with Gasteiger partial charge in [-0.1, -0.05) is 12.1 Å². The average molecular weight is 482 g/mol. The molecule has 1 aliphatic rings. The molecule has 0 atom stereocenters. The van der Waals surface area contributed by atoms with Gasteiger partial charge in [-0.2, -0.15) is 5.10 Å². The molecule has 9 nitrogen and oxygen atoms in total. The predicted molar refractivity (Wildman–Crippen MR) is 134 cm³/mol. The molecule has 1 saturated heterocycles. The summed E-state index contributed by atoms with van der Waals surface area (Å²) in [6.45, 7) is 9.65. The Kier molecular flexibility index (Phi) is 7.69. The molecule has 0 radical (unpaired) electrons. The molecule has 2 N–H and O–H groups in total. The molecule has 34 heavy (non-hydrogen) atoms. The highest BCUT2D eigenvalue weighted by Gasteiger charge is 2.24. The third-order valence-corrected chi connectivity index (χ3v) is 6.33. The van der Waals surface area contributed by atoms with Crippen molar-refractivity contribution in [1.82, 2.24) is 25.1 Å². The average Bonchev–Trinajstić information content (AvgIpc) is 3.21. The lowest BCUT2D eigenvalue weighted by atomic mass is 10.1. The molecule has 0 aliphatic carbocycles. The minimum Gasteiger partial charge on any atom is -0.487 e. The number of ketones is 1. The monoisotopic (exact) mass is 481 g/mol. The third kappa shape index (κ3) is 6.06. The Labute approximate surface area is 204 Å². The molecule has 2 aromatic heterocycles. The van der Waals surface area contributed by atoms with Gasteiger partial charge in [0.15, 0.2) is 22.6 Å². The summed E-state index contributed by atoms with van der Waals surface area (Å²) in [6.07, 6.45) is 0.440. The molecule has 0 saturated carbocycles. The van der Waals surface area contributed by atoms with E-state index in [1.165, 1.54) is 11.8 Å². The Hall–Kier alpha value is -3.11. The first-order valence-electron chi connectivity index (χ1n) is 11.4. The van der Waals surface area contributed by atoms with Gasteiger partial charge in [0.2, 0.25) is 5.75 Å². The summed E-state index contributed by atoms with van der Waals surface area (Å²) >= 11 is 1.48. The van der Waals surface area contributed by atoms with Gasteiger partial charge in [0.1, 0.15) is 5.78 Å². The molecule has 3 heterocycles. The zero-order chi connectivity index (χ0) is 24.1. The number of Topliss-reactive ketones (excluding diaryl/α,β-unsaturated/α-hetero) is 1. The quantitative estimate of drug-likeness (QED) is 0.443. The lowest BCUT2D eigenvalue weighted by molar-refractivity contribution is -0.116. The smallest absolute Gasteiger partial charge is 0.205 e. The second-order valence-electron chi connectivity index (χ2n) is 8.42. The molecule has 3 aromatic rings. The maximum Gasteiger partial charge on any atom is 0.205 e. The Morgan fingerprint density at radius 3 is 2.53 bits per heavy atom. The number of hydrogen-bond donors (Lipinski definition) is 2. The Morgan fingerprint density at radius 2 is 1.91 bits per heavy atom. The van der Waals surface area contributed by atoms with Gasteiger partial charge in [-0.15, -0.1) is 0 Å². The number of piperazine rings is 1. The van der Waals surface area contributed by atoms with E-state index in [0.29, 0.717) is 35.6 Å². The van der Waals surface area contributed by atoms with Gasteiger partial charge in [-0.3, -0.25) is 9.89 Å². The summed E-state index contributed by atoms with van der Waals surface area (Å²) in [7, 11) is 2.13. The van der Waals surface area contributed by atoms with Crippen molar-refractivity contribution in [2.45, 2.75) is 37.2 Å². The van der Waals surface area contributed by atoms with E-state index in [4.69, 9.17) is 14.7 Å². The number of hydrogen-bond acceptors (Lipinski definition) is 9. The first-order valence-corrected chi connectivity index (χ1v) is 12.3. The lowest BCUT2D eigenvalue weighted by Crippen LogP contribution is -2.45. The van der Waals surface area contributed by atoms with Crippen LogP contribution in [0.4, 0.5) is 17.5 Å². The van der Waals surface area contributed by atoms with Crippen LogP contribution in [0.15, 0.2) is 40.4 Å². The Morgan fingerprint density at radius 1 is 1.18 bits per heavy atom. The van der Waals surface area contributed by atoms with E-state index in [1.54, 1.807) is 6.92 Å². The second kappa shape index (κ2) is 10.9. The van der Waals surface area contributed by atoms with Gasteiger partial charge >= 0.3 is 0 Å². The summed E-state index contributed by atoms with van der Waals surface area (Å²) in [5.74, 6) is 2.83. The number of carbonyl (C=O) groups is 1. The van der Waals surface area contributed by atoms with E-state index >= 15 is 0 Å². The number of likely N-dealkylation sites (N-methyl/N-ethyl adjacent to an activating group) is 1. The van der Waals surface area contributed by atoms with Gasteiger partial charge in [-0.25, -0.2) is 9.97 Å². The summed E-state index contributed by atoms with van der Waals surface area (Å²) < 4.78 is 6.06. The maximum absolute atomic E-state index is 11.4. The zero-order valence-electron chi connectivity index (χ0n) is 20.1. The molecular weight excluding hydrogens is 450 g/mol. The molecule has 1 aliphatic heterocycles. The number of rotatable bonds is 9. The van der Waals surface area contributed by atoms with Crippen LogP contribution >= 0.6 is 11.8 Å². The highest BCUT2D eigenvalue weighted by Crippen LogP contribution is 2.38. The van der Waals surface area contributed by atoms with Crippen molar-refractivity contribution in [1.29, 1.82) is 0 Å². The summed E-state index contributed by atoms with van der Waals surface area (Å²) in [6, 6.07) is 9.88. The highest BCUT2D eigenvalue weighted by molar-refractivity contribution is 7.99. The van der Waals surface area contributed by atoms with Gasteiger partial charge in [-0.05, 0) is 57.3 Å². The number of H-pyrrole nitrogens is 1. The Balaban J connectivity index is 1.69. The number of aryl methyl sites for hydroxylation is 1. The number of aromatic amines is 1. The summed E-state index contributed by atoms with van der Waals surface area (Å²) in [5, 5.41) is 11.2. The van der Waals surface area contributed by atoms with Crippen molar-refractivity contribution in [3.63, 3.8) is 0 Å². The van der Waals surface area contributed by atoms with Crippen LogP contribution < -0.4 is 15.0 Å². The largest absolute Gasteiger partial charge is 0.487 e. The van der Waals surface area contributed by atoms with E-state index in [2.05, 4.69) is 32.4 Å². The number of carbonyl (C=O) groups excluding carboxylic acids is 1. The van der Waals surface area contributed by atoms with Crippen LogP contribution in [0.5, 0.6) is 5.75 Å². The normalized spacial score (nSPS) is 14.3. The van der Waals surface area contributed by atoms with Crippen molar-refractivity contribution in [3.05, 3.63) is 41.6 Å². The second-order valence-corrected chi connectivity index (χ2v) is 9.46. The standard InChI is InChI=1S/C24H31N7O2S/c1-5-33-21-22(25-20-14-16(2)28-29-20)26-24(27-23(21)31-12-10-30(4)11-13-31)34-19-8-6-18(7-9-19)15-17(3)32/h6-9,14H,5,10-13,15H2,1-4H3,(H2,25,26,27,28,29). The fraction of sp³-hybridized carbons (Fsp3) is 0.417. The number of ether oxygens (including phenoxy) is 1. The van der Waals surface area contributed by atoms with Gasteiger partial charge in [0, 0.05) is 49.3 Å². The van der Waals surface area contributed by atoms with Crippen molar-refractivity contribution >= 4 is 35.0 Å². The number of nitrogens with zero attached hydrogens (tertiary/aromatic N) is 5. The van der Waals surface area contributed by atoms with E-state index in [9.17, 15) is 4.79 Å². The number of aromatic nitrogens is 4. The van der Waals surface area contributed by atoms with Crippen LogP contribution in [0.25, 0.3) is 0 Å². The molecule has 0 bridgehead atoms. The number of nitrogens with one attached hydrogen (secondary N) is 2. The van der Waals surface area contributed by atoms with Crippen molar-refractivity contribution in [3.8, 4) is 5.75 Å². The molecule has 4 rings (SSSR count). The SMILES string of the molecule is CCOc1c(Nc2cc(C)[nH]n2)nc(Sc2ccc(CC(C)=O)cc2)nc1N1CCN(C)CC1.